The van der Waals surface area contributed by atoms with Gasteiger partial charge in [0.2, 0.25) is 5.82 Å². The minimum Gasteiger partial charge on any atom is -0.497 e. The van der Waals surface area contributed by atoms with E-state index in [1.807, 2.05) is 18.2 Å². The van der Waals surface area contributed by atoms with E-state index in [2.05, 4.69) is 96.4 Å². The van der Waals surface area contributed by atoms with E-state index in [4.69, 9.17) is 19.4 Å². The number of aryl methyl sites for hydroxylation is 2. The van der Waals surface area contributed by atoms with Crippen LogP contribution in [-0.2, 0) is 23.2 Å². The van der Waals surface area contributed by atoms with Crippen LogP contribution in [0, 0.1) is 0 Å². The lowest BCUT2D eigenvalue weighted by molar-refractivity contribution is -0.672. The van der Waals surface area contributed by atoms with Gasteiger partial charge in [0.05, 0.1) is 26.8 Å². The number of hydrogen-bond donors (Lipinski definition) is 0. The average Bonchev–Trinajstić information content (AvgIpc) is 3.40. The smallest absolute Gasteiger partial charge is 0.323 e. The minimum absolute atomic E-state index is 0.174. The number of ether oxygens (including phenoxy) is 2. The second-order valence-corrected chi connectivity index (χ2v) is 10.9. The lowest BCUT2D eigenvalue weighted by Gasteiger charge is -2.27. The highest BCUT2D eigenvalue weighted by Crippen LogP contribution is 2.50. The zero-order valence-electron chi connectivity index (χ0n) is 24.8. The van der Waals surface area contributed by atoms with Crippen molar-refractivity contribution in [1.82, 2.24) is 14.5 Å². The fourth-order valence-electron chi connectivity index (χ4n) is 6.35. The highest BCUT2D eigenvalue weighted by atomic mass is 16.5. The molecule has 0 aliphatic carbocycles. The molecule has 3 aromatic carbocycles. The van der Waals surface area contributed by atoms with Crippen LogP contribution < -0.4 is 14.2 Å². The van der Waals surface area contributed by atoms with Crippen molar-refractivity contribution in [1.29, 1.82) is 0 Å². The summed E-state index contributed by atoms with van der Waals surface area (Å²) in [5.74, 6) is 1.85. The van der Waals surface area contributed by atoms with Crippen molar-refractivity contribution >= 4 is 44.9 Å². The molecule has 5 aromatic rings. The standard InChI is InChI=1S/C34H38N5O2/c1-7-37-30(38(8-2)33-32(37)35-26-18-17-24(41-6)22-27(26)36-33)15-11-14-29-34(3,4)31-25-13-10-9-12-23(25)16-19-28(31)39(29)20-21-40-5/h9-19,22H,7-8,20-21H2,1-6H3/q+1. The van der Waals surface area contributed by atoms with Crippen LogP contribution in [0.2, 0.25) is 0 Å². The van der Waals surface area contributed by atoms with Gasteiger partial charge in [-0.05, 0) is 54.5 Å². The number of imidazole rings is 1. The van der Waals surface area contributed by atoms with Crippen LogP contribution in [0.4, 0.5) is 5.69 Å². The monoisotopic (exact) mass is 548 g/mol. The Kier molecular flexibility index (Phi) is 6.99. The number of aromatic nitrogens is 4. The molecule has 0 spiro atoms. The van der Waals surface area contributed by atoms with Crippen LogP contribution in [0.5, 0.6) is 5.75 Å². The Bertz CT molecular complexity index is 1830. The summed E-state index contributed by atoms with van der Waals surface area (Å²) in [7, 11) is 3.44. The van der Waals surface area contributed by atoms with E-state index in [1.165, 1.54) is 27.7 Å². The average molecular weight is 549 g/mol. The quantitative estimate of drug-likeness (QED) is 0.210. The van der Waals surface area contributed by atoms with Gasteiger partial charge in [0, 0.05) is 42.6 Å². The van der Waals surface area contributed by atoms with Crippen LogP contribution in [-0.4, -0.2) is 41.9 Å². The summed E-state index contributed by atoms with van der Waals surface area (Å²) in [6.07, 6.45) is 6.64. The van der Waals surface area contributed by atoms with Gasteiger partial charge in [0.25, 0.3) is 5.65 Å². The summed E-state index contributed by atoms with van der Waals surface area (Å²) >= 11 is 0. The molecule has 0 atom stereocenters. The normalized spacial score (nSPS) is 15.7. The van der Waals surface area contributed by atoms with Crippen LogP contribution in [0.15, 0.2) is 72.4 Å². The molecular weight excluding hydrogens is 510 g/mol. The van der Waals surface area contributed by atoms with Crippen LogP contribution in [0.25, 0.3) is 39.2 Å². The lowest BCUT2D eigenvalue weighted by Crippen LogP contribution is -2.35. The maximum absolute atomic E-state index is 5.52. The summed E-state index contributed by atoms with van der Waals surface area (Å²) < 4.78 is 15.4. The van der Waals surface area contributed by atoms with Crippen molar-refractivity contribution in [2.45, 2.75) is 46.2 Å². The largest absolute Gasteiger partial charge is 0.497 e. The number of nitrogens with zero attached hydrogens (tertiary/aromatic N) is 5. The molecule has 0 bridgehead atoms. The SMILES string of the molecule is CCn1c(C=CC=C2N(CCOC)c3ccc4ccccc4c3C2(C)C)[n+](CC)c2nc3ccc(OC)cc3nc21. The predicted octanol–water partition coefficient (Wildman–Crippen LogP) is 6.41. The molecule has 0 fully saturated rings. The number of methoxy groups -OCH3 is 2. The highest BCUT2D eigenvalue weighted by molar-refractivity contribution is 5.95. The second kappa shape index (κ2) is 10.6. The van der Waals surface area contributed by atoms with Gasteiger partial charge < -0.3 is 14.4 Å². The molecule has 6 rings (SSSR count). The van der Waals surface area contributed by atoms with E-state index in [0.717, 1.165) is 53.5 Å². The van der Waals surface area contributed by atoms with Gasteiger partial charge in [-0.2, -0.15) is 0 Å². The van der Waals surface area contributed by atoms with Gasteiger partial charge >= 0.3 is 5.65 Å². The fraction of sp³-hybridized carbons (Fsp3) is 0.324. The van der Waals surface area contributed by atoms with Gasteiger partial charge in [-0.25, -0.2) is 14.1 Å². The van der Waals surface area contributed by atoms with Crippen molar-refractivity contribution < 1.29 is 14.0 Å². The molecular formula is C34H38N5O2+. The molecule has 7 nitrogen and oxygen atoms in total. The number of benzene rings is 3. The predicted molar refractivity (Wildman–Crippen MR) is 166 cm³/mol. The highest BCUT2D eigenvalue weighted by Gasteiger charge is 2.41. The third-order valence-electron chi connectivity index (χ3n) is 8.30. The fourth-order valence-corrected chi connectivity index (χ4v) is 6.35. The van der Waals surface area contributed by atoms with E-state index < -0.39 is 0 Å². The molecule has 0 unspecified atom stereocenters. The topological polar surface area (TPSA) is 56.3 Å². The van der Waals surface area contributed by atoms with E-state index in [1.54, 1.807) is 14.2 Å². The molecule has 0 amide bonds. The molecule has 3 heterocycles. The molecule has 0 saturated heterocycles. The Labute approximate surface area is 241 Å². The molecule has 0 saturated carbocycles. The Morgan fingerprint density at radius 3 is 2.56 bits per heavy atom. The van der Waals surface area contributed by atoms with Crippen LogP contribution in [0.1, 0.15) is 39.1 Å². The molecule has 0 radical (unpaired) electrons. The first-order valence-corrected chi connectivity index (χ1v) is 14.4. The Morgan fingerprint density at radius 1 is 0.976 bits per heavy atom. The molecule has 1 aliphatic rings. The third kappa shape index (κ3) is 4.36. The Morgan fingerprint density at radius 2 is 1.80 bits per heavy atom. The number of anilines is 1. The van der Waals surface area contributed by atoms with Gasteiger partial charge in [-0.1, -0.05) is 55.2 Å². The molecule has 41 heavy (non-hydrogen) atoms. The lowest BCUT2D eigenvalue weighted by atomic mass is 9.81. The van der Waals surface area contributed by atoms with Gasteiger partial charge in [0.1, 0.15) is 11.3 Å². The van der Waals surface area contributed by atoms with Crippen molar-refractivity contribution in [2.75, 3.05) is 32.3 Å². The van der Waals surface area contributed by atoms with Crippen molar-refractivity contribution in [3.8, 4) is 5.75 Å². The zero-order chi connectivity index (χ0) is 28.7. The van der Waals surface area contributed by atoms with Gasteiger partial charge in [0.15, 0.2) is 5.52 Å². The molecule has 210 valence electrons. The summed E-state index contributed by atoms with van der Waals surface area (Å²) in [5, 5.41) is 2.57. The number of fused-ring (bicyclic) bond motifs is 5. The third-order valence-corrected chi connectivity index (χ3v) is 8.30. The maximum atomic E-state index is 5.52. The van der Waals surface area contributed by atoms with Gasteiger partial charge in [-0.3, -0.25) is 0 Å². The van der Waals surface area contributed by atoms with Crippen LogP contribution in [0.3, 0.4) is 0 Å². The first-order chi connectivity index (χ1) is 19.9. The summed E-state index contributed by atoms with van der Waals surface area (Å²) in [5.41, 5.74) is 7.17. The van der Waals surface area contributed by atoms with Crippen LogP contribution >= 0.6 is 0 Å². The Hall–Kier alpha value is -4.23. The summed E-state index contributed by atoms with van der Waals surface area (Å²) in [6, 6.07) is 19.0. The number of rotatable bonds is 8. The van der Waals surface area contributed by atoms with Crippen molar-refractivity contribution in [3.05, 3.63) is 83.8 Å². The molecule has 2 aromatic heterocycles. The van der Waals surface area contributed by atoms with E-state index in [9.17, 15) is 0 Å². The first-order valence-electron chi connectivity index (χ1n) is 14.4. The van der Waals surface area contributed by atoms with E-state index >= 15 is 0 Å². The summed E-state index contributed by atoms with van der Waals surface area (Å²) in [6.45, 7) is 12.0. The number of allylic oxidation sites excluding steroid dienone is 3. The van der Waals surface area contributed by atoms with E-state index in [-0.39, 0.29) is 5.41 Å². The molecule has 7 heteroatoms. The molecule has 0 N–H and O–H groups in total. The maximum Gasteiger partial charge on any atom is 0.323 e. The van der Waals surface area contributed by atoms with E-state index in [0.29, 0.717) is 6.61 Å². The zero-order valence-corrected chi connectivity index (χ0v) is 24.8. The second-order valence-electron chi connectivity index (χ2n) is 10.9. The van der Waals surface area contributed by atoms with Crippen molar-refractivity contribution in [3.63, 3.8) is 0 Å². The minimum atomic E-state index is -0.174. The van der Waals surface area contributed by atoms with Gasteiger partial charge in [-0.15, -0.1) is 0 Å². The number of hydrogen-bond acceptors (Lipinski definition) is 5. The first kappa shape index (κ1) is 27.0. The molecule has 1 aliphatic heterocycles. The summed E-state index contributed by atoms with van der Waals surface area (Å²) in [4.78, 5) is 12.5. The van der Waals surface area contributed by atoms with Crippen molar-refractivity contribution in [2.24, 2.45) is 0 Å². The Balaban J connectivity index is 1.47.